The second-order valence-electron chi connectivity index (χ2n) is 3.96. The van der Waals surface area contributed by atoms with E-state index in [9.17, 15) is 29.5 Å². The molecule has 0 aromatic carbocycles. The molecule has 0 spiro atoms. The van der Waals surface area contributed by atoms with Crippen molar-refractivity contribution in [3.63, 3.8) is 0 Å². The number of nitrogens with zero attached hydrogens (tertiary/aromatic N) is 1. The number of allylic oxidation sites excluding steroid dienone is 6. The summed E-state index contributed by atoms with van der Waals surface area (Å²) in [6.45, 7) is 2.13. The highest BCUT2D eigenvalue weighted by Crippen LogP contribution is 2.23. The van der Waals surface area contributed by atoms with Gasteiger partial charge < -0.3 is 15.5 Å². The van der Waals surface area contributed by atoms with Gasteiger partial charge in [0.05, 0.1) is 5.57 Å². The van der Waals surface area contributed by atoms with Crippen LogP contribution >= 0.6 is 0 Å². The fourth-order valence-electron chi connectivity index (χ4n) is 1.70. The summed E-state index contributed by atoms with van der Waals surface area (Å²) in [6.07, 6.45) is 2.43. The standard InChI is InChI=1S/C12H11FNO5/c1-6(15)11(7(2)16)12(17)9-5-8(13)3-4-10(9)14(18)19/h3-5,11H,1-2H3,(H-,17,18,19)/q-1. The number of carbonyl (C=O) groups excluding carboxylic acids is 2. The Balaban J connectivity index is 3.48. The molecule has 1 rings (SSSR count). The van der Waals surface area contributed by atoms with E-state index in [4.69, 9.17) is 0 Å². The summed E-state index contributed by atoms with van der Waals surface area (Å²) in [4.78, 5) is 21.8. The molecular formula is C12H11FNO5-. The number of halogens is 1. The van der Waals surface area contributed by atoms with Crippen molar-refractivity contribution < 1.29 is 24.0 Å². The lowest BCUT2D eigenvalue weighted by Gasteiger charge is -2.16. The van der Waals surface area contributed by atoms with Gasteiger partial charge >= 0.3 is 0 Å². The van der Waals surface area contributed by atoms with Crippen molar-refractivity contribution in [2.45, 2.75) is 13.8 Å². The molecule has 102 valence electrons. The molecule has 0 heterocycles. The van der Waals surface area contributed by atoms with Crippen molar-refractivity contribution >= 4 is 17.3 Å². The van der Waals surface area contributed by atoms with E-state index in [1.165, 1.54) is 0 Å². The smallest absolute Gasteiger partial charge is 0.233 e. The van der Waals surface area contributed by atoms with E-state index < -0.39 is 45.3 Å². The fraction of sp³-hybridized carbons (Fsp3) is 0.250. The molecule has 0 aromatic rings. The van der Waals surface area contributed by atoms with Crippen molar-refractivity contribution in [1.29, 1.82) is 0 Å². The van der Waals surface area contributed by atoms with E-state index in [2.05, 4.69) is 0 Å². The zero-order valence-corrected chi connectivity index (χ0v) is 10.2. The molecule has 19 heavy (non-hydrogen) atoms. The van der Waals surface area contributed by atoms with Crippen LogP contribution in [0.25, 0.3) is 0 Å². The minimum Gasteiger partial charge on any atom is -0.612 e. The molecule has 0 amide bonds. The third kappa shape index (κ3) is 3.06. The predicted octanol–water partition coefficient (Wildman–Crippen LogP) is 1.47. The predicted molar refractivity (Wildman–Crippen MR) is 64.8 cm³/mol. The van der Waals surface area contributed by atoms with Crippen molar-refractivity contribution in [2.75, 3.05) is 0 Å². The first-order chi connectivity index (χ1) is 8.75. The molecule has 0 fully saturated rings. The molecule has 0 saturated heterocycles. The fourth-order valence-corrected chi connectivity index (χ4v) is 1.70. The van der Waals surface area contributed by atoms with Gasteiger partial charge in [0.1, 0.15) is 29.1 Å². The highest BCUT2D eigenvalue weighted by molar-refractivity contribution is 6.11. The molecule has 0 bridgehead atoms. The Bertz CT molecular complexity index is 538. The van der Waals surface area contributed by atoms with Crippen molar-refractivity contribution in [3.05, 3.63) is 45.8 Å². The van der Waals surface area contributed by atoms with Crippen molar-refractivity contribution in [1.82, 2.24) is 0 Å². The van der Waals surface area contributed by atoms with Gasteiger partial charge in [-0.15, -0.1) is 0 Å². The Morgan fingerprint density at radius 3 is 2.21 bits per heavy atom. The molecule has 1 aliphatic rings. The summed E-state index contributed by atoms with van der Waals surface area (Å²) in [7, 11) is 0. The minimum absolute atomic E-state index is 0.472. The zero-order valence-electron chi connectivity index (χ0n) is 10.2. The lowest BCUT2D eigenvalue weighted by molar-refractivity contribution is -0.377. The molecule has 1 aliphatic carbocycles. The van der Waals surface area contributed by atoms with Gasteiger partial charge in [-0.1, -0.05) is 0 Å². The zero-order chi connectivity index (χ0) is 14.7. The van der Waals surface area contributed by atoms with Crippen LogP contribution in [0.2, 0.25) is 0 Å². The number of aliphatic hydroxyl groups excluding tert-OH is 1. The van der Waals surface area contributed by atoms with Crippen LogP contribution in [0.5, 0.6) is 0 Å². The molecule has 0 unspecified atom stereocenters. The minimum atomic E-state index is -1.53. The SMILES string of the molecule is CC(=O)C(C(C)=O)C(O)=C1C=C(F)C=CC1=[N+]([O-])[O-]. The molecule has 0 radical (unpaired) electrons. The Morgan fingerprint density at radius 1 is 1.26 bits per heavy atom. The first-order valence-corrected chi connectivity index (χ1v) is 5.26. The number of rotatable bonds is 3. The van der Waals surface area contributed by atoms with Crippen LogP contribution in [0.4, 0.5) is 4.39 Å². The van der Waals surface area contributed by atoms with E-state index in [-0.39, 0.29) is 0 Å². The summed E-state index contributed by atoms with van der Waals surface area (Å²) in [5.74, 6) is -4.52. The van der Waals surface area contributed by atoms with Gasteiger partial charge in [0, 0.05) is 6.08 Å². The molecule has 0 atom stereocenters. The second kappa shape index (κ2) is 5.47. The van der Waals surface area contributed by atoms with Crippen LogP contribution in [-0.4, -0.2) is 27.3 Å². The molecular weight excluding hydrogens is 257 g/mol. The summed E-state index contributed by atoms with van der Waals surface area (Å²) < 4.78 is 13.1. The first kappa shape index (κ1) is 14.6. The largest absolute Gasteiger partial charge is 0.612 e. The van der Waals surface area contributed by atoms with Gasteiger partial charge in [-0.25, -0.2) is 4.39 Å². The second-order valence-corrected chi connectivity index (χ2v) is 3.96. The van der Waals surface area contributed by atoms with Crippen LogP contribution in [0, 0.1) is 16.3 Å². The molecule has 6 nitrogen and oxygen atoms in total. The number of ketones is 2. The number of aliphatic hydroxyl groups is 1. The van der Waals surface area contributed by atoms with Gasteiger partial charge in [0.15, 0.2) is 0 Å². The highest BCUT2D eigenvalue weighted by atomic mass is 19.1. The average molecular weight is 268 g/mol. The maximum atomic E-state index is 13.1. The van der Waals surface area contributed by atoms with Gasteiger partial charge in [0.2, 0.25) is 5.71 Å². The van der Waals surface area contributed by atoms with Gasteiger partial charge in [-0.2, -0.15) is 4.90 Å². The Labute approximate surface area is 108 Å². The Kier molecular flexibility index (Phi) is 4.21. The van der Waals surface area contributed by atoms with E-state index in [1.807, 2.05) is 0 Å². The number of Topliss-reactive ketones (excluding diaryl/α,β-unsaturated/α-hetero) is 2. The van der Waals surface area contributed by atoms with Crippen LogP contribution in [0.1, 0.15) is 13.8 Å². The number of hydrogen-bond donors (Lipinski definition) is 1. The van der Waals surface area contributed by atoms with Crippen LogP contribution < -0.4 is 0 Å². The first-order valence-electron chi connectivity index (χ1n) is 5.26. The maximum Gasteiger partial charge on any atom is 0.233 e. The third-order valence-corrected chi connectivity index (χ3v) is 2.52. The number of carbonyl (C=O) groups is 2. The monoisotopic (exact) mass is 268 g/mol. The molecule has 0 aliphatic heterocycles. The topological polar surface area (TPSA) is 104 Å². The van der Waals surface area contributed by atoms with Crippen LogP contribution in [0.3, 0.4) is 0 Å². The summed E-state index contributed by atoms with van der Waals surface area (Å²) >= 11 is 0. The van der Waals surface area contributed by atoms with Gasteiger partial charge in [-0.05, 0) is 26.0 Å². The summed E-state index contributed by atoms with van der Waals surface area (Å²) in [5, 5.41) is 31.5. The molecule has 1 N–H and O–H groups in total. The lowest BCUT2D eigenvalue weighted by atomic mass is 9.92. The normalized spacial score (nSPS) is 17.3. The van der Waals surface area contributed by atoms with Gasteiger partial charge in [-0.3, -0.25) is 9.59 Å². The third-order valence-electron chi connectivity index (χ3n) is 2.52. The van der Waals surface area contributed by atoms with Crippen molar-refractivity contribution in [2.24, 2.45) is 5.92 Å². The summed E-state index contributed by atoms with van der Waals surface area (Å²) in [6, 6.07) is 0. The quantitative estimate of drug-likeness (QED) is 0.361. The van der Waals surface area contributed by atoms with E-state index in [0.717, 1.165) is 26.0 Å². The maximum absolute atomic E-state index is 13.1. The molecule has 0 aromatic heterocycles. The number of hydrogen-bond acceptors (Lipinski definition) is 5. The van der Waals surface area contributed by atoms with Crippen molar-refractivity contribution in [3.8, 4) is 0 Å². The Morgan fingerprint density at radius 2 is 1.79 bits per heavy atom. The molecule has 0 saturated carbocycles. The summed E-state index contributed by atoms with van der Waals surface area (Å²) in [5.41, 5.74) is -1.05. The Hall–Kier alpha value is -2.44. The van der Waals surface area contributed by atoms with Gasteiger partial charge in [0.25, 0.3) is 0 Å². The average Bonchev–Trinajstić information content (AvgIpc) is 2.27. The van der Waals surface area contributed by atoms with E-state index >= 15 is 0 Å². The lowest BCUT2D eigenvalue weighted by Crippen LogP contribution is -2.25. The highest BCUT2D eigenvalue weighted by Gasteiger charge is 2.30. The van der Waals surface area contributed by atoms with E-state index in [1.54, 1.807) is 0 Å². The van der Waals surface area contributed by atoms with E-state index in [0.29, 0.717) is 6.08 Å². The van der Waals surface area contributed by atoms with Crippen LogP contribution in [-0.2, 0) is 9.59 Å². The molecule has 7 heteroatoms. The van der Waals surface area contributed by atoms with Crippen LogP contribution in [0.15, 0.2) is 35.4 Å².